The Kier molecular flexibility index (Phi) is 4.66. The molecule has 0 spiro atoms. The van der Waals surface area contributed by atoms with Crippen LogP contribution in [-0.2, 0) is 16.0 Å². The fourth-order valence-corrected chi connectivity index (χ4v) is 1.53. The maximum atomic E-state index is 11.2. The molecule has 1 aromatic carbocycles. The van der Waals surface area contributed by atoms with Gasteiger partial charge in [0.2, 0.25) is 0 Å². The first-order chi connectivity index (χ1) is 6.72. The molecule has 3 heteroatoms. The van der Waals surface area contributed by atoms with Gasteiger partial charge in [-0.15, -0.1) is 0 Å². The van der Waals surface area contributed by atoms with Gasteiger partial charge in [0, 0.05) is 4.47 Å². The van der Waals surface area contributed by atoms with E-state index in [0.717, 1.165) is 16.5 Å². The molecule has 0 aliphatic carbocycles. The van der Waals surface area contributed by atoms with E-state index < -0.39 is 0 Å². The molecule has 0 saturated heterocycles. The van der Waals surface area contributed by atoms with Crippen LogP contribution < -0.4 is 0 Å². The smallest absolute Gasteiger partial charge is 0.310 e. The minimum atomic E-state index is -0.162. The van der Waals surface area contributed by atoms with Crippen molar-refractivity contribution in [1.82, 2.24) is 0 Å². The number of ether oxygens (including phenoxy) is 1. The Morgan fingerprint density at radius 3 is 2.93 bits per heavy atom. The number of halogens is 1. The highest BCUT2D eigenvalue weighted by Gasteiger charge is 2.03. The summed E-state index contributed by atoms with van der Waals surface area (Å²) in [5, 5.41) is 0. The van der Waals surface area contributed by atoms with Crippen LogP contribution in [0.4, 0.5) is 0 Å². The molecule has 1 aromatic rings. The molecule has 0 saturated carbocycles. The first-order valence-electron chi connectivity index (χ1n) is 4.62. The van der Waals surface area contributed by atoms with Crippen molar-refractivity contribution in [1.29, 1.82) is 0 Å². The molecular weight excluding hydrogens is 244 g/mol. The van der Waals surface area contributed by atoms with Crippen molar-refractivity contribution in [2.45, 2.75) is 19.8 Å². The highest BCUT2D eigenvalue weighted by Crippen LogP contribution is 2.12. The molecule has 2 nitrogen and oxygen atoms in total. The van der Waals surface area contributed by atoms with E-state index in [1.807, 2.05) is 31.2 Å². The van der Waals surface area contributed by atoms with Crippen LogP contribution in [0.15, 0.2) is 28.7 Å². The number of esters is 1. The number of carbonyl (C=O) groups excluding carboxylic acids is 1. The van der Waals surface area contributed by atoms with Crippen LogP contribution in [0.2, 0.25) is 0 Å². The van der Waals surface area contributed by atoms with Crippen molar-refractivity contribution in [2.24, 2.45) is 0 Å². The second kappa shape index (κ2) is 5.81. The van der Waals surface area contributed by atoms with E-state index in [9.17, 15) is 4.79 Å². The average molecular weight is 257 g/mol. The van der Waals surface area contributed by atoms with Crippen LogP contribution in [0.1, 0.15) is 18.9 Å². The van der Waals surface area contributed by atoms with Gasteiger partial charge in [0.1, 0.15) is 0 Å². The molecule has 0 heterocycles. The molecule has 1 rings (SSSR count). The molecule has 0 aliphatic heterocycles. The summed E-state index contributed by atoms with van der Waals surface area (Å²) in [6.07, 6.45) is 1.21. The van der Waals surface area contributed by atoms with Crippen LogP contribution >= 0.6 is 15.9 Å². The van der Waals surface area contributed by atoms with Gasteiger partial charge in [0.05, 0.1) is 13.0 Å². The molecule has 0 amide bonds. The molecule has 0 aromatic heterocycles. The van der Waals surface area contributed by atoms with Gasteiger partial charge in [-0.2, -0.15) is 0 Å². The quantitative estimate of drug-likeness (QED) is 0.775. The first-order valence-corrected chi connectivity index (χ1v) is 5.41. The molecule has 0 N–H and O–H groups in total. The van der Waals surface area contributed by atoms with Crippen LogP contribution in [0, 0.1) is 0 Å². The van der Waals surface area contributed by atoms with Crippen molar-refractivity contribution in [3.8, 4) is 0 Å². The second-order valence-electron chi connectivity index (χ2n) is 3.03. The Hall–Kier alpha value is -0.830. The lowest BCUT2D eigenvalue weighted by Crippen LogP contribution is -2.08. The summed E-state index contributed by atoms with van der Waals surface area (Å²) in [7, 11) is 0. The molecule has 0 unspecified atom stereocenters. The number of hydrogen-bond donors (Lipinski definition) is 0. The van der Waals surface area contributed by atoms with Crippen molar-refractivity contribution in [2.75, 3.05) is 6.61 Å². The highest BCUT2D eigenvalue weighted by atomic mass is 79.9. The molecule has 76 valence electrons. The van der Waals surface area contributed by atoms with Crippen LogP contribution in [0.3, 0.4) is 0 Å². The number of rotatable bonds is 4. The van der Waals surface area contributed by atoms with Gasteiger partial charge >= 0.3 is 5.97 Å². The topological polar surface area (TPSA) is 26.3 Å². The normalized spacial score (nSPS) is 9.86. The third kappa shape index (κ3) is 3.92. The zero-order valence-corrected chi connectivity index (χ0v) is 9.71. The Bertz CT molecular complexity index is 310. The van der Waals surface area contributed by atoms with Crippen molar-refractivity contribution in [3.05, 3.63) is 34.3 Å². The van der Waals surface area contributed by atoms with Gasteiger partial charge in [-0.3, -0.25) is 4.79 Å². The fraction of sp³-hybridized carbons (Fsp3) is 0.364. The third-order valence-electron chi connectivity index (χ3n) is 1.70. The SMILES string of the molecule is CCCOC(=O)Cc1cccc(Br)c1. The van der Waals surface area contributed by atoms with E-state index in [-0.39, 0.29) is 5.97 Å². The Labute approximate surface area is 92.4 Å². The molecule has 14 heavy (non-hydrogen) atoms. The van der Waals surface area contributed by atoms with Crippen LogP contribution in [-0.4, -0.2) is 12.6 Å². The summed E-state index contributed by atoms with van der Waals surface area (Å²) >= 11 is 3.35. The number of benzene rings is 1. The zero-order chi connectivity index (χ0) is 10.4. The highest BCUT2D eigenvalue weighted by molar-refractivity contribution is 9.10. The summed E-state index contributed by atoms with van der Waals surface area (Å²) < 4.78 is 5.97. The lowest BCUT2D eigenvalue weighted by Gasteiger charge is -2.03. The summed E-state index contributed by atoms with van der Waals surface area (Å²) in [4.78, 5) is 11.2. The molecule has 0 bridgehead atoms. The monoisotopic (exact) mass is 256 g/mol. The number of hydrogen-bond acceptors (Lipinski definition) is 2. The maximum Gasteiger partial charge on any atom is 0.310 e. The van der Waals surface area contributed by atoms with E-state index >= 15 is 0 Å². The van der Waals surface area contributed by atoms with E-state index in [0.29, 0.717) is 13.0 Å². The van der Waals surface area contributed by atoms with Crippen LogP contribution in [0.5, 0.6) is 0 Å². The average Bonchev–Trinajstić information content (AvgIpc) is 2.15. The largest absolute Gasteiger partial charge is 0.465 e. The van der Waals surface area contributed by atoms with Crippen LogP contribution in [0.25, 0.3) is 0 Å². The molecule has 0 atom stereocenters. The minimum absolute atomic E-state index is 0.162. The first kappa shape index (κ1) is 11.2. The summed E-state index contributed by atoms with van der Waals surface area (Å²) in [5.74, 6) is -0.162. The van der Waals surface area contributed by atoms with E-state index in [2.05, 4.69) is 15.9 Å². The minimum Gasteiger partial charge on any atom is -0.465 e. The second-order valence-corrected chi connectivity index (χ2v) is 3.94. The van der Waals surface area contributed by atoms with Gasteiger partial charge in [-0.25, -0.2) is 0 Å². The Morgan fingerprint density at radius 2 is 2.29 bits per heavy atom. The third-order valence-corrected chi connectivity index (χ3v) is 2.20. The number of carbonyl (C=O) groups is 1. The van der Waals surface area contributed by atoms with Crippen molar-refractivity contribution in [3.63, 3.8) is 0 Å². The molecule has 0 fully saturated rings. The predicted molar refractivity (Wildman–Crippen MR) is 59.1 cm³/mol. The van der Waals surface area contributed by atoms with Gasteiger partial charge in [-0.1, -0.05) is 35.0 Å². The lowest BCUT2D eigenvalue weighted by atomic mass is 10.2. The standard InChI is InChI=1S/C11H13BrO2/c1-2-6-14-11(13)8-9-4-3-5-10(12)7-9/h3-5,7H,2,6,8H2,1H3. The Morgan fingerprint density at radius 1 is 1.50 bits per heavy atom. The zero-order valence-electron chi connectivity index (χ0n) is 8.13. The Balaban J connectivity index is 2.47. The lowest BCUT2D eigenvalue weighted by molar-refractivity contribution is -0.142. The predicted octanol–water partition coefficient (Wildman–Crippen LogP) is 2.94. The molecule has 0 aliphatic rings. The molecule has 0 radical (unpaired) electrons. The summed E-state index contributed by atoms with van der Waals surface area (Å²) in [6, 6.07) is 7.68. The van der Waals surface area contributed by atoms with Crippen molar-refractivity contribution < 1.29 is 9.53 Å². The van der Waals surface area contributed by atoms with E-state index in [1.165, 1.54) is 0 Å². The van der Waals surface area contributed by atoms with E-state index in [4.69, 9.17) is 4.74 Å². The summed E-state index contributed by atoms with van der Waals surface area (Å²) in [6.45, 7) is 2.49. The van der Waals surface area contributed by atoms with Crippen molar-refractivity contribution >= 4 is 21.9 Å². The maximum absolute atomic E-state index is 11.2. The summed E-state index contributed by atoms with van der Waals surface area (Å²) in [5.41, 5.74) is 0.973. The van der Waals surface area contributed by atoms with Gasteiger partial charge in [0.25, 0.3) is 0 Å². The van der Waals surface area contributed by atoms with Gasteiger partial charge in [-0.05, 0) is 24.1 Å². The molecular formula is C11H13BrO2. The fourth-order valence-electron chi connectivity index (χ4n) is 1.08. The van der Waals surface area contributed by atoms with Gasteiger partial charge < -0.3 is 4.74 Å². The van der Waals surface area contributed by atoms with E-state index in [1.54, 1.807) is 0 Å². The van der Waals surface area contributed by atoms with Gasteiger partial charge in [0.15, 0.2) is 0 Å².